The number of amides is 1. The van der Waals surface area contributed by atoms with Crippen molar-refractivity contribution in [1.82, 2.24) is 15.5 Å². The van der Waals surface area contributed by atoms with Gasteiger partial charge in [-0.2, -0.15) is 18.3 Å². The van der Waals surface area contributed by atoms with Gasteiger partial charge in [-0.25, -0.2) is 4.79 Å². The molecule has 2 aromatic rings. The smallest absolute Gasteiger partial charge is 0.475 e. The minimum atomic E-state index is -5.08. The van der Waals surface area contributed by atoms with Crippen molar-refractivity contribution in [1.29, 1.82) is 0 Å². The summed E-state index contributed by atoms with van der Waals surface area (Å²) in [7, 11) is 0. The Labute approximate surface area is 181 Å². The highest BCUT2D eigenvalue weighted by Gasteiger charge is 2.42. The van der Waals surface area contributed by atoms with Gasteiger partial charge in [0.2, 0.25) is 5.91 Å². The van der Waals surface area contributed by atoms with Crippen molar-refractivity contribution in [3.05, 3.63) is 42.0 Å². The number of carbonyl (C=O) groups excluding carboxylic acids is 1. The van der Waals surface area contributed by atoms with Crippen LogP contribution in [-0.2, 0) is 20.9 Å². The molecule has 9 nitrogen and oxygen atoms in total. The summed E-state index contributed by atoms with van der Waals surface area (Å²) in [4.78, 5) is 23.5. The number of nitrogens with one attached hydrogen (secondary N) is 1. The van der Waals surface area contributed by atoms with Gasteiger partial charge in [0.25, 0.3) is 0 Å². The van der Waals surface area contributed by atoms with Crippen molar-refractivity contribution < 1.29 is 37.0 Å². The molecule has 12 heteroatoms. The van der Waals surface area contributed by atoms with E-state index in [2.05, 4.69) is 20.4 Å². The fraction of sp³-hybridized carbons (Fsp3) is 0.500. The Morgan fingerprint density at radius 3 is 2.56 bits per heavy atom. The van der Waals surface area contributed by atoms with Gasteiger partial charge in [-0.05, 0) is 50.5 Å². The van der Waals surface area contributed by atoms with Crippen molar-refractivity contribution in [2.24, 2.45) is 0 Å². The summed E-state index contributed by atoms with van der Waals surface area (Å²) in [6.45, 7) is 3.21. The van der Waals surface area contributed by atoms with Crippen LogP contribution < -0.4 is 10.2 Å². The second-order valence-electron chi connectivity index (χ2n) is 7.42. The zero-order valence-electron chi connectivity index (χ0n) is 17.2. The van der Waals surface area contributed by atoms with Crippen molar-refractivity contribution in [3.8, 4) is 0 Å². The minimum absolute atomic E-state index is 0.0659. The monoisotopic (exact) mass is 456 g/mol. The Hall–Kier alpha value is -3.15. The Morgan fingerprint density at radius 2 is 1.97 bits per heavy atom. The van der Waals surface area contributed by atoms with Crippen LogP contribution in [0.2, 0.25) is 0 Å². The number of ether oxygens (including phenoxy) is 1. The third-order valence-electron chi connectivity index (χ3n) is 5.18. The number of aliphatic carboxylic acids is 1. The van der Waals surface area contributed by atoms with Crippen molar-refractivity contribution in [3.63, 3.8) is 0 Å². The molecule has 0 saturated carbocycles. The lowest BCUT2D eigenvalue weighted by Crippen LogP contribution is -2.48. The second-order valence-corrected chi connectivity index (χ2v) is 7.42. The number of halogens is 3. The predicted molar refractivity (Wildman–Crippen MR) is 105 cm³/mol. The molecular weight excluding hydrogens is 433 g/mol. The average Bonchev–Trinajstić information content (AvgIpc) is 3.42. The maximum atomic E-state index is 12.4. The summed E-state index contributed by atoms with van der Waals surface area (Å²) < 4.78 is 43.1. The Bertz CT molecular complexity index is 905. The Balaban J connectivity index is 0.000000360. The summed E-state index contributed by atoms with van der Waals surface area (Å²) in [6, 6.07) is 7.91. The highest BCUT2D eigenvalue weighted by Crippen LogP contribution is 2.34. The van der Waals surface area contributed by atoms with Gasteiger partial charge in [0.15, 0.2) is 5.82 Å². The van der Waals surface area contributed by atoms with Crippen LogP contribution in [0.15, 0.2) is 34.9 Å². The van der Waals surface area contributed by atoms with Crippen LogP contribution in [0.1, 0.15) is 30.7 Å². The van der Waals surface area contributed by atoms with E-state index in [0.29, 0.717) is 13.0 Å². The van der Waals surface area contributed by atoms with E-state index in [0.717, 1.165) is 36.7 Å². The molecule has 2 aromatic heterocycles. The second kappa shape index (κ2) is 9.98. The summed E-state index contributed by atoms with van der Waals surface area (Å²) in [5, 5.41) is 18.5. The minimum Gasteiger partial charge on any atom is -0.475 e. The molecule has 0 aromatic carbocycles. The van der Waals surface area contributed by atoms with Crippen molar-refractivity contribution >= 4 is 17.7 Å². The van der Waals surface area contributed by atoms with E-state index in [1.54, 1.807) is 6.26 Å². The van der Waals surface area contributed by atoms with Crippen LogP contribution in [-0.4, -0.2) is 58.2 Å². The van der Waals surface area contributed by atoms with Gasteiger partial charge in [-0.3, -0.25) is 4.79 Å². The largest absolute Gasteiger partial charge is 0.490 e. The van der Waals surface area contributed by atoms with Gasteiger partial charge in [-0.15, -0.1) is 5.10 Å². The van der Waals surface area contributed by atoms with E-state index in [9.17, 15) is 18.0 Å². The number of aryl methyl sites for hydroxylation is 1. The van der Waals surface area contributed by atoms with Gasteiger partial charge in [0.1, 0.15) is 11.9 Å². The van der Waals surface area contributed by atoms with E-state index >= 15 is 0 Å². The van der Waals surface area contributed by atoms with Crippen molar-refractivity contribution in [2.75, 3.05) is 11.4 Å². The fourth-order valence-corrected chi connectivity index (χ4v) is 3.65. The molecule has 1 amide bonds. The summed E-state index contributed by atoms with van der Waals surface area (Å²) in [5.74, 6) is -1.19. The molecule has 0 unspecified atom stereocenters. The van der Waals surface area contributed by atoms with Gasteiger partial charge < -0.3 is 24.5 Å². The third kappa shape index (κ3) is 5.96. The van der Waals surface area contributed by atoms with E-state index in [1.165, 1.54) is 0 Å². The van der Waals surface area contributed by atoms with Crippen LogP contribution in [0, 0.1) is 6.92 Å². The predicted octanol–water partition coefficient (Wildman–Crippen LogP) is 2.45. The first kappa shape index (κ1) is 23.5. The Kier molecular flexibility index (Phi) is 7.33. The van der Waals surface area contributed by atoms with E-state index < -0.39 is 12.1 Å². The molecule has 0 aliphatic carbocycles. The average molecular weight is 456 g/mol. The standard InChI is InChI=1S/C18H22N4O3.C2HF3O2/c1-12-4-7-17(21-20-12)22-9-8-15-14(22)5-6-16(25-15)18(23)19-11-13-3-2-10-24-13;3-2(4,5)1(6)7/h2-4,7,10,14-16H,5-6,8-9,11H2,1H3,(H,19,23);(H,6,7)/t14-,15-,16+;/m1./s1. The Morgan fingerprint density at radius 1 is 1.22 bits per heavy atom. The summed E-state index contributed by atoms with van der Waals surface area (Å²) in [6.07, 6.45) is -1.27. The van der Waals surface area contributed by atoms with Crippen LogP contribution in [0.5, 0.6) is 0 Å². The maximum Gasteiger partial charge on any atom is 0.490 e. The molecular formula is C20H23F3N4O5. The van der Waals surface area contributed by atoms with E-state index in [-0.39, 0.29) is 24.2 Å². The zero-order chi connectivity index (χ0) is 23.3. The van der Waals surface area contributed by atoms with Crippen LogP contribution in [0.3, 0.4) is 0 Å². The number of alkyl halides is 3. The fourth-order valence-electron chi connectivity index (χ4n) is 3.65. The number of rotatable bonds is 4. The number of fused-ring (bicyclic) bond motifs is 1. The first-order chi connectivity index (χ1) is 15.1. The molecule has 2 N–H and O–H groups in total. The van der Waals surface area contributed by atoms with Gasteiger partial charge in [0.05, 0.1) is 30.6 Å². The molecule has 0 radical (unpaired) electrons. The molecule has 2 fully saturated rings. The first-order valence-electron chi connectivity index (χ1n) is 9.98. The SMILES string of the molecule is Cc1ccc(N2CC[C@H]3O[C@H](C(=O)NCc4ccco4)CC[C@H]32)nn1.O=C(O)C(F)(F)F. The number of carbonyl (C=O) groups is 2. The quantitative estimate of drug-likeness (QED) is 0.721. The normalized spacial score (nSPS) is 22.5. The zero-order valence-corrected chi connectivity index (χ0v) is 17.2. The number of carboxylic acid groups (broad SMARTS) is 1. The lowest BCUT2D eigenvalue weighted by atomic mass is 9.98. The molecule has 4 rings (SSSR count). The van der Waals surface area contributed by atoms with E-state index in [4.69, 9.17) is 19.1 Å². The van der Waals surface area contributed by atoms with Gasteiger partial charge >= 0.3 is 12.1 Å². The van der Waals surface area contributed by atoms with Gasteiger partial charge in [-0.1, -0.05) is 0 Å². The number of anilines is 1. The summed E-state index contributed by atoms with van der Waals surface area (Å²) >= 11 is 0. The molecule has 174 valence electrons. The maximum absolute atomic E-state index is 12.4. The molecule has 4 heterocycles. The third-order valence-corrected chi connectivity index (χ3v) is 5.18. The number of hydrogen-bond acceptors (Lipinski definition) is 7. The highest BCUT2D eigenvalue weighted by molar-refractivity contribution is 5.80. The molecule has 0 spiro atoms. The lowest BCUT2D eigenvalue weighted by molar-refractivity contribution is -0.192. The van der Waals surface area contributed by atoms with Crippen LogP contribution >= 0.6 is 0 Å². The molecule has 2 aliphatic heterocycles. The molecule has 0 bridgehead atoms. The van der Waals surface area contributed by atoms with Crippen LogP contribution in [0.25, 0.3) is 0 Å². The van der Waals surface area contributed by atoms with Crippen LogP contribution in [0.4, 0.5) is 19.0 Å². The topological polar surface area (TPSA) is 118 Å². The summed E-state index contributed by atoms with van der Waals surface area (Å²) in [5.41, 5.74) is 0.910. The molecule has 2 aliphatic rings. The van der Waals surface area contributed by atoms with Gasteiger partial charge in [0, 0.05) is 6.54 Å². The van der Waals surface area contributed by atoms with Crippen molar-refractivity contribution in [2.45, 2.75) is 57.2 Å². The highest BCUT2D eigenvalue weighted by atomic mass is 19.4. The number of nitrogens with zero attached hydrogens (tertiary/aromatic N) is 3. The molecule has 32 heavy (non-hydrogen) atoms. The number of hydrogen-bond donors (Lipinski definition) is 2. The lowest BCUT2D eigenvalue weighted by Gasteiger charge is -2.35. The molecule has 3 atom stereocenters. The number of aromatic nitrogens is 2. The first-order valence-corrected chi connectivity index (χ1v) is 9.98. The number of carboxylic acids is 1. The molecule has 2 saturated heterocycles. The van der Waals surface area contributed by atoms with E-state index in [1.807, 2.05) is 31.2 Å². The number of furan rings is 1.